The third kappa shape index (κ3) is 5.70. The normalized spacial score (nSPS) is 11.0. The van der Waals surface area contributed by atoms with Crippen LogP contribution in [0.1, 0.15) is 21.6 Å². The minimum absolute atomic E-state index is 0.263. The number of halogens is 2. The Morgan fingerprint density at radius 3 is 2.51 bits per heavy atom. The van der Waals surface area contributed by atoms with Crippen LogP contribution in [0.2, 0.25) is 10.0 Å². The highest BCUT2D eigenvalue weighted by Crippen LogP contribution is 2.27. The van der Waals surface area contributed by atoms with Gasteiger partial charge in [-0.05, 0) is 55.0 Å². The molecular weight excluding hydrogens is 487 g/mol. The molecule has 0 saturated heterocycles. The molecule has 0 unspecified atom stereocenters. The number of imidazole rings is 1. The number of methoxy groups -OCH3 is 2. The van der Waals surface area contributed by atoms with Crippen LogP contribution in [0.5, 0.6) is 5.75 Å². The summed E-state index contributed by atoms with van der Waals surface area (Å²) < 4.78 is 12.6. The van der Waals surface area contributed by atoms with Crippen LogP contribution in [0.25, 0.3) is 5.65 Å². The van der Waals surface area contributed by atoms with Gasteiger partial charge in [-0.3, -0.25) is 9.20 Å². The van der Waals surface area contributed by atoms with Crippen LogP contribution in [0, 0.1) is 6.92 Å². The number of hydrogen-bond acceptors (Lipinski definition) is 5. The number of benzene rings is 2. The Hall–Kier alpha value is -3.26. The second-order valence-electron chi connectivity index (χ2n) is 8.01. The number of pyridine rings is 1. The third-order valence-electron chi connectivity index (χ3n) is 5.60. The first kappa shape index (κ1) is 24.9. The number of fused-ring (bicyclic) bond motifs is 1. The molecule has 35 heavy (non-hydrogen) atoms. The summed E-state index contributed by atoms with van der Waals surface area (Å²) in [5.41, 5.74) is 3.77. The van der Waals surface area contributed by atoms with Gasteiger partial charge in [-0.25, -0.2) is 4.98 Å². The van der Waals surface area contributed by atoms with E-state index in [4.69, 9.17) is 37.7 Å². The molecule has 0 aliphatic carbocycles. The summed E-state index contributed by atoms with van der Waals surface area (Å²) in [5, 5.41) is 3.67. The van der Waals surface area contributed by atoms with Gasteiger partial charge in [0, 0.05) is 32.1 Å². The lowest BCUT2D eigenvalue weighted by atomic mass is 10.2. The molecule has 182 valence electrons. The second-order valence-corrected chi connectivity index (χ2v) is 8.83. The highest BCUT2D eigenvalue weighted by Gasteiger charge is 2.18. The highest BCUT2D eigenvalue weighted by molar-refractivity contribution is 6.42. The van der Waals surface area contributed by atoms with Crippen molar-refractivity contribution in [3.8, 4) is 5.75 Å². The number of anilines is 2. The molecule has 0 aliphatic heterocycles. The quantitative estimate of drug-likeness (QED) is 0.304. The van der Waals surface area contributed by atoms with Crippen LogP contribution in [-0.2, 0) is 11.3 Å². The molecule has 1 N–H and O–H groups in total. The van der Waals surface area contributed by atoms with Crippen molar-refractivity contribution in [2.75, 3.05) is 37.6 Å². The first-order valence-electron chi connectivity index (χ1n) is 11.0. The van der Waals surface area contributed by atoms with Gasteiger partial charge in [-0.2, -0.15) is 0 Å². The van der Waals surface area contributed by atoms with Gasteiger partial charge in [-0.1, -0.05) is 35.3 Å². The summed E-state index contributed by atoms with van der Waals surface area (Å²) in [6.07, 6.45) is 1.80. The Labute approximate surface area is 214 Å². The number of amides is 1. The van der Waals surface area contributed by atoms with Crippen LogP contribution in [-0.4, -0.2) is 42.7 Å². The first-order chi connectivity index (χ1) is 16.9. The molecule has 0 bridgehead atoms. The summed E-state index contributed by atoms with van der Waals surface area (Å²) in [5.74, 6) is 1.44. The molecule has 4 rings (SSSR count). The molecule has 2 heterocycles. The monoisotopic (exact) mass is 512 g/mol. The fourth-order valence-corrected chi connectivity index (χ4v) is 4.15. The van der Waals surface area contributed by atoms with Crippen molar-refractivity contribution in [1.29, 1.82) is 0 Å². The van der Waals surface area contributed by atoms with Crippen LogP contribution in [0.15, 0.2) is 60.8 Å². The molecule has 7 nitrogen and oxygen atoms in total. The molecule has 0 fully saturated rings. The van der Waals surface area contributed by atoms with Gasteiger partial charge < -0.3 is 19.7 Å². The Morgan fingerprint density at radius 1 is 1.06 bits per heavy atom. The summed E-state index contributed by atoms with van der Waals surface area (Å²) in [7, 11) is 3.33. The van der Waals surface area contributed by atoms with Crippen molar-refractivity contribution in [3.63, 3.8) is 0 Å². The van der Waals surface area contributed by atoms with Crippen molar-refractivity contribution >= 4 is 46.3 Å². The molecule has 4 aromatic rings. The van der Waals surface area contributed by atoms with Crippen LogP contribution < -0.4 is 15.0 Å². The van der Waals surface area contributed by atoms with Crippen LogP contribution in [0.3, 0.4) is 0 Å². The van der Waals surface area contributed by atoms with E-state index < -0.39 is 0 Å². The van der Waals surface area contributed by atoms with Crippen LogP contribution in [0.4, 0.5) is 11.5 Å². The number of ether oxygens (including phenoxy) is 2. The summed E-state index contributed by atoms with van der Waals surface area (Å²) in [4.78, 5) is 19.9. The van der Waals surface area contributed by atoms with Crippen molar-refractivity contribution in [2.24, 2.45) is 0 Å². The topological polar surface area (TPSA) is 68.1 Å². The fraction of sp³-hybridized carbons (Fsp3) is 0.231. The average Bonchev–Trinajstić information content (AvgIpc) is 3.19. The van der Waals surface area contributed by atoms with E-state index in [2.05, 4.69) is 10.2 Å². The number of aryl methyl sites for hydroxylation is 1. The predicted molar refractivity (Wildman–Crippen MR) is 140 cm³/mol. The zero-order valence-corrected chi connectivity index (χ0v) is 21.2. The zero-order chi connectivity index (χ0) is 24.9. The largest absolute Gasteiger partial charge is 0.497 e. The van der Waals surface area contributed by atoms with Crippen LogP contribution >= 0.6 is 23.2 Å². The van der Waals surface area contributed by atoms with E-state index in [0.717, 1.165) is 28.5 Å². The zero-order valence-electron chi connectivity index (χ0n) is 19.7. The van der Waals surface area contributed by atoms with Gasteiger partial charge >= 0.3 is 0 Å². The summed E-state index contributed by atoms with van der Waals surface area (Å²) in [6, 6.07) is 16.5. The number of hydrogen-bond donors (Lipinski definition) is 1. The standard InChI is InChI=1S/C26H26Cl2N4O3/c1-17-26(31(12-13-34-2)15-18-4-8-21(35-3)9-5-18)32-16-19(6-11-24(32)29-17)25(33)30-20-7-10-22(27)23(28)14-20/h4-11,14,16H,12-13,15H2,1-3H3,(H,30,33). The van der Waals surface area contributed by atoms with E-state index in [1.807, 2.05) is 41.7 Å². The van der Waals surface area contributed by atoms with Gasteiger partial charge in [0.1, 0.15) is 17.2 Å². The van der Waals surface area contributed by atoms with Crippen molar-refractivity contribution < 1.29 is 14.3 Å². The number of aromatic nitrogens is 2. The van der Waals surface area contributed by atoms with Gasteiger partial charge in [0.05, 0.1) is 35.0 Å². The number of rotatable bonds is 9. The molecule has 0 saturated carbocycles. The van der Waals surface area contributed by atoms with Gasteiger partial charge in [-0.15, -0.1) is 0 Å². The smallest absolute Gasteiger partial charge is 0.257 e. The number of nitrogens with one attached hydrogen (secondary N) is 1. The Morgan fingerprint density at radius 2 is 1.83 bits per heavy atom. The maximum absolute atomic E-state index is 13.0. The summed E-state index contributed by atoms with van der Waals surface area (Å²) in [6.45, 7) is 3.80. The van der Waals surface area contributed by atoms with E-state index >= 15 is 0 Å². The molecule has 9 heteroatoms. The molecule has 0 aliphatic rings. The van der Waals surface area contributed by atoms with E-state index in [-0.39, 0.29) is 5.91 Å². The predicted octanol–water partition coefficient (Wildman–Crippen LogP) is 5.86. The minimum Gasteiger partial charge on any atom is -0.497 e. The van der Waals surface area contributed by atoms with E-state index in [1.54, 1.807) is 44.7 Å². The molecule has 2 aromatic heterocycles. The molecule has 1 amide bonds. The average molecular weight is 513 g/mol. The molecule has 2 aromatic carbocycles. The fourth-order valence-electron chi connectivity index (χ4n) is 3.86. The first-order valence-corrected chi connectivity index (χ1v) is 11.8. The van der Waals surface area contributed by atoms with Gasteiger partial charge in [0.2, 0.25) is 0 Å². The number of carbonyl (C=O) groups excluding carboxylic acids is 1. The summed E-state index contributed by atoms with van der Waals surface area (Å²) >= 11 is 12.1. The van der Waals surface area contributed by atoms with E-state index in [9.17, 15) is 4.79 Å². The lowest BCUT2D eigenvalue weighted by Crippen LogP contribution is -2.28. The lowest BCUT2D eigenvalue weighted by molar-refractivity contribution is 0.102. The van der Waals surface area contributed by atoms with Crippen molar-refractivity contribution in [3.05, 3.63) is 87.7 Å². The second kappa shape index (κ2) is 11.0. The maximum atomic E-state index is 13.0. The third-order valence-corrected chi connectivity index (χ3v) is 6.34. The van der Waals surface area contributed by atoms with Gasteiger partial charge in [0.25, 0.3) is 5.91 Å². The highest BCUT2D eigenvalue weighted by atomic mass is 35.5. The molecule has 0 atom stereocenters. The Bertz CT molecular complexity index is 1340. The number of carbonyl (C=O) groups is 1. The van der Waals surface area contributed by atoms with Crippen molar-refractivity contribution in [1.82, 2.24) is 9.38 Å². The molecular formula is C26H26Cl2N4O3. The minimum atomic E-state index is -0.263. The van der Waals surface area contributed by atoms with E-state index in [1.165, 1.54) is 0 Å². The Kier molecular flexibility index (Phi) is 7.80. The number of nitrogens with zero attached hydrogens (tertiary/aromatic N) is 3. The Balaban J connectivity index is 1.66. The van der Waals surface area contributed by atoms with E-state index in [0.29, 0.717) is 41.0 Å². The maximum Gasteiger partial charge on any atom is 0.257 e. The molecule has 0 radical (unpaired) electrons. The lowest BCUT2D eigenvalue weighted by Gasteiger charge is -2.25. The SMILES string of the molecule is COCCN(Cc1ccc(OC)cc1)c1c(C)nc2ccc(C(=O)Nc3ccc(Cl)c(Cl)c3)cn12. The van der Waals surface area contributed by atoms with Crippen molar-refractivity contribution in [2.45, 2.75) is 13.5 Å². The van der Waals surface area contributed by atoms with Gasteiger partial charge in [0.15, 0.2) is 0 Å². The molecule has 0 spiro atoms.